The molecule has 0 amide bonds. The lowest BCUT2D eigenvalue weighted by Crippen LogP contribution is -2.18. The highest BCUT2D eigenvalue weighted by Crippen LogP contribution is 2.43. The van der Waals surface area contributed by atoms with E-state index in [1.54, 1.807) is 13.0 Å². The lowest BCUT2D eigenvalue weighted by Gasteiger charge is -2.09. The Morgan fingerprint density at radius 3 is 2.57 bits per heavy atom. The quantitative estimate of drug-likeness (QED) is 0.574. The first-order chi connectivity index (χ1) is 6.53. The van der Waals surface area contributed by atoms with Gasteiger partial charge in [-0.25, -0.2) is 0 Å². The first-order valence-electron chi connectivity index (χ1n) is 4.57. The molecule has 1 aliphatic rings. The van der Waals surface area contributed by atoms with Crippen molar-refractivity contribution in [2.24, 2.45) is 5.73 Å². The summed E-state index contributed by atoms with van der Waals surface area (Å²) in [5.74, 6) is 0. The van der Waals surface area contributed by atoms with Gasteiger partial charge in [0.25, 0.3) is 5.69 Å². The molecule has 0 spiro atoms. The zero-order chi connectivity index (χ0) is 10.3. The van der Waals surface area contributed by atoms with Gasteiger partial charge in [-0.2, -0.15) is 0 Å². The molecule has 14 heavy (non-hydrogen) atoms. The van der Waals surface area contributed by atoms with Crippen molar-refractivity contribution in [1.29, 1.82) is 0 Å². The highest BCUT2D eigenvalue weighted by atomic mass is 16.6. The van der Waals surface area contributed by atoms with Gasteiger partial charge in [0.15, 0.2) is 0 Å². The van der Waals surface area contributed by atoms with Gasteiger partial charge in [0.1, 0.15) is 0 Å². The summed E-state index contributed by atoms with van der Waals surface area (Å²) in [4.78, 5) is 10.2. The minimum Gasteiger partial charge on any atom is -0.321 e. The van der Waals surface area contributed by atoms with E-state index in [2.05, 4.69) is 0 Å². The van der Waals surface area contributed by atoms with E-state index in [1.165, 1.54) is 6.07 Å². The smallest absolute Gasteiger partial charge is 0.272 e. The van der Waals surface area contributed by atoms with Crippen molar-refractivity contribution in [3.05, 3.63) is 39.4 Å². The zero-order valence-electron chi connectivity index (χ0n) is 7.99. The molecule has 1 saturated carbocycles. The van der Waals surface area contributed by atoms with Crippen molar-refractivity contribution in [2.45, 2.75) is 25.3 Å². The van der Waals surface area contributed by atoms with Crippen LogP contribution in [0.25, 0.3) is 0 Å². The van der Waals surface area contributed by atoms with Crippen LogP contribution in [0.15, 0.2) is 18.2 Å². The van der Waals surface area contributed by atoms with Crippen molar-refractivity contribution < 1.29 is 4.92 Å². The highest BCUT2D eigenvalue weighted by Gasteiger charge is 2.40. The first kappa shape index (κ1) is 9.15. The fraction of sp³-hybridized carbons (Fsp3) is 0.400. The van der Waals surface area contributed by atoms with E-state index < -0.39 is 0 Å². The third kappa shape index (κ3) is 1.37. The van der Waals surface area contributed by atoms with Gasteiger partial charge in [-0.3, -0.25) is 10.1 Å². The molecule has 0 unspecified atom stereocenters. The fourth-order valence-electron chi connectivity index (χ4n) is 1.59. The van der Waals surface area contributed by atoms with Crippen LogP contribution >= 0.6 is 0 Å². The van der Waals surface area contributed by atoms with Crippen LogP contribution in [-0.2, 0) is 5.54 Å². The van der Waals surface area contributed by atoms with E-state index >= 15 is 0 Å². The summed E-state index contributed by atoms with van der Waals surface area (Å²) < 4.78 is 0. The van der Waals surface area contributed by atoms with Gasteiger partial charge in [-0.1, -0.05) is 6.07 Å². The van der Waals surface area contributed by atoms with Crippen LogP contribution in [-0.4, -0.2) is 4.92 Å². The third-order valence-corrected chi connectivity index (χ3v) is 2.76. The van der Waals surface area contributed by atoms with Crippen LogP contribution in [0, 0.1) is 17.0 Å². The molecule has 0 bridgehead atoms. The number of hydrogen-bond donors (Lipinski definition) is 1. The van der Waals surface area contributed by atoms with E-state index in [-0.39, 0.29) is 16.1 Å². The van der Waals surface area contributed by atoms with Crippen LogP contribution in [0.3, 0.4) is 0 Å². The Balaban J connectivity index is 2.40. The van der Waals surface area contributed by atoms with E-state index in [9.17, 15) is 10.1 Å². The van der Waals surface area contributed by atoms with Gasteiger partial charge in [0.05, 0.1) is 4.92 Å². The van der Waals surface area contributed by atoms with Gasteiger partial charge in [-0.15, -0.1) is 0 Å². The largest absolute Gasteiger partial charge is 0.321 e. The molecule has 1 aromatic rings. The van der Waals surface area contributed by atoms with Gasteiger partial charge >= 0.3 is 0 Å². The molecule has 74 valence electrons. The van der Waals surface area contributed by atoms with Gasteiger partial charge in [-0.05, 0) is 31.4 Å². The lowest BCUT2D eigenvalue weighted by atomic mass is 10.0. The molecule has 0 saturated heterocycles. The molecule has 0 atom stereocenters. The maximum absolute atomic E-state index is 10.6. The average molecular weight is 192 g/mol. The number of aryl methyl sites for hydroxylation is 1. The Kier molecular flexibility index (Phi) is 1.82. The van der Waals surface area contributed by atoms with Crippen molar-refractivity contribution in [2.75, 3.05) is 0 Å². The maximum Gasteiger partial charge on any atom is 0.272 e. The summed E-state index contributed by atoms with van der Waals surface area (Å²) in [5.41, 5.74) is 7.65. The standard InChI is InChI=1S/C10H12N2O2/c1-7-6-8(10(11)4-5-10)2-3-9(7)12(13)14/h2-3,6H,4-5,11H2,1H3. The minimum atomic E-state index is -0.366. The second kappa shape index (κ2) is 2.78. The summed E-state index contributed by atoms with van der Waals surface area (Å²) in [6.07, 6.45) is 1.95. The molecular formula is C10H12N2O2. The van der Waals surface area contributed by atoms with Crippen LogP contribution in [0.1, 0.15) is 24.0 Å². The van der Waals surface area contributed by atoms with Crippen molar-refractivity contribution in [3.63, 3.8) is 0 Å². The summed E-state index contributed by atoms with van der Waals surface area (Å²) in [6.45, 7) is 1.74. The first-order valence-corrected chi connectivity index (χ1v) is 4.57. The molecule has 0 heterocycles. The van der Waals surface area contributed by atoms with Crippen LogP contribution in [0.5, 0.6) is 0 Å². The molecule has 1 aliphatic carbocycles. The predicted octanol–water partition coefficient (Wildman–Crippen LogP) is 1.85. The van der Waals surface area contributed by atoms with E-state index in [0.29, 0.717) is 5.56 Å². The Bertz CT molecular complexity index is 397. The normalized spacial score (nSPS) is 17.9. The van der Waals surface area contributed by atoms with E-state index in [1.807, 2.05) is 6.07 Å². The molecule has 0 radical (unpaired) electrons. The number of nitro benzene ring substituents is 1. The predicted molar refractivity (Wildman–Crippen MR) is 52.9 cm³/mol. The lowest BCUT2D eigenvalue weighted by molar-refractivity contribution is -0.385. The molecule has 4 nitrogen and oxygen atoms in total. The average Bonchev–Trinajstić information content (AvgIpc) is 2.84. The minimum absolute atomic E-state index is 0.165. The molecule has 0 aromatic heterocycles. The maximum atomic E-state index is 10.6. The SMILES string of the molecule is Cc1cc(C2(N)CC2)ccc1[N+](=O)[O-]. The highest BCUT2D eigenvalue weighted by molar-refractivity contribution is 5.45. The molecule has 2 N–H and O–H groups in total. The fourth-order valence-corrected chi connectivity index (χ4v) is 1.59. The van der Waals surface area contributed by atoms with Gasteiger partial charge in [0, 0.05) is 17.2 Å². The van der Waals surface area contributed by atoms with E-state index in [0.717, 1.165) is 18.4 Å². The molecular weight excluding hydrogens is 180 g/mol. The molecule has 4 heteroatoms. The second-order valence-corrected chi connectivity index (χ2v) is 3.91. The Labute approximate surface area is 81.9 Å². The molecule has 2 rings (SSSR count). The van der Waals surface area contributed by atoms with Crippen LogP contribution in [0.2, 0.25) is 0 Å². The van der Waals surface area contributed by atoms with Gasteiger partial charge < -0.3 is 5.73 Å². The molecule has 1 fully saturated rings. The topological polar surface area (TPSA) is 69.2 Å². The summed E-state index contributed by atoms with van der Waals surface area (Å²) in [6, 6.07) is 5.13. The number of nitrogens with two attached hydrogens (primary N) is 1. The summed E-state index contributed by atoms with van der Waals surface area (Å²) in [7, 11) is 0. The van der Waals surface area contributed by atoms with Crippen molar-refractivity contribution >= 4 is 5.69 Å². The number of hydrogen-bond acceptors (Lipinski definition) is 3. The molecule has 1 aromatic carbocycles. The summed E-state index contributed by atoms with van der Waals surface area (Å²) >= 11 is 0. The van der Waals surface area contributed by atoms with Gasteiger partial charge in [0.2, 0.25) is 0 Å². The van der Waals surface area contributed by atoms with Crippen molar-refractivity contribution in [3.8, 4) is 0 Å². The summed E-state index contributed by atoms with van der Waals surface area (Å²) in [5, 5.41) is 10.6. The third-order valence-electron chi connectivity index (χ3n) is 2.76. The monoisotopic (exact) mass is 192 g/mol. The van der Waals surface area contributed by atoms with E-state index in [4.69, 9.17) is 5.73 Å². The Hall–Kier alpha value is -1.42. The Morgan fingerprint density at radius 2 is 2.14 bits per heavy atom. The zero-order valence-corrected chi connectivity index (χ0v) is 7.99. The number of nitrogens with zero attached hydrogens (tertiary/aromatic N) is 1. The Morgan fingerprint density at radius 1 is 1.50 bits per heavy atom. The van der Waals surface area contributed by atoms with Crippen LogP contribution in [0.4, 0.5) is 5.69 Å². The number of benzene rings is 1. The number of nitro groups is 1. The number of rotatable bonds is 2. The molecule has 0 aliphatic heterocycles. The van der Waals surface area contributed by atoms with Crippen LogP contribution < -0.4 is 5.73 Å². The second-order valence-electron chi connectivity index (χ2n) is 3.91. The van der Waals surface area contributed by atoms with Crippen molar-refractivity contribution in [1.82, 2.24) is 0 Å².